The van der Waals surface area contributed by atoms with E-state index in [1.165, 1.54) is 4.90 Å². The summed E-state index contributed by atoms with van der Waals surface area (Å²) in [7, 11) is -5.06. The number of rotatable bonds is 4. The predicted octanol–water partition coefficient (Wildman–Crippen LogP) is 1.31. The Balaban J connectivity index is 3.12. The van der Waals surface area contributed by atoms with E-state index in [9.17, 15) is 22.0 Å². The van der Waals surface area contributed by atoms with Crippen LogP contribution in [0.3, 0.4) is 0 Å². The maximum Gasteiger partial charge on any atom is 0.407 e. The Hall–Kier alpha value is -1.10. The summed E-state index contributed by atoms with van der Waals surface area (Å²) in [5, 5.41) is 2.17. The van der Waals surface area contributed by atoms with Crippen molar-refractivity contribution in [2.24, 2.45) is 0 Å². The number of nitrogens with zero attached hydrogens (tertiary/aromatic N) is 4. The minimum Gasteiger partial charge on any atom is -0.323 e. The summed E-state index contributed by atoms with van der Waals surface area (Å²) in [5.74, 6) is 0. The van der Waals surface area contributed by atoms with Crippen LogP contribution in [0.25, 0.3) is 0 Å². The monoisotopic (exact) mass is 360 g/mol. The first-order chi connectivity index (χ1) is 8.65. The van der Waals surface area contributed by atoms with E-state index in [-0.39, 0.29) is 0 Å². The van der Waals surface area contributed by atoms with Gasteiger partial charge in [0, 0.05) is 29.0 Å². The molecule has 0 aliphatic heterocycles. The van der Waals surface area contributed by atoms with Crippen LogP contribution in [0.2, 0.25) is 0 Å². The van der Waals surface area contributed by atoms with E-state index in [4.69, 9.17) is 0 Å². The molecule has 0 aromatic carbocycles. The molecule has 0 saturated heterocycles. The number of hydrogen-bond donors (Lipinski definition) is 0. The van der Waals surface area contributed by atoms with Gasteiger partial charge in [0.05, 0.1) is 0 Å². The van der Waals surface area contributed by atoms with Crippen molar-refractivity contribution < 1.29 is 22.0 Å². The van der Waals surface area contributed by atoms with Crippen molar-refractivity contribution in [3.63, 3.8) is 0 Å². The summed E-state index contributed by atoms with van der Waals surface area (Å²) in [6, 6.07) is -0.642. The van der Waals surface area contributed by atoms with Crippen LogP contribution in [-0.2, 0) is 9.84 Å². The molecule has 108 valence electrons. The molecule has 0 aliphatic carbocycles. The Labute approximate surface area is 116 Å². The van der Waals surface area contributed by atoms with Crippen LogP contribution in [0.1, 0.15) is 13.8 Å². The molecule has 7 nitrogen and oxygen atoms in total. The Morgan fingerprint density at radius 1 is 1.47 bits per heavy atom. The molecule has 1 heterocycles. The second kappa shape index (κ2) is 5.49. The second-order valence-corrected chi connectivity index (χ2v) is 6.78. The van der Waals surface area contributed by atoms with E-state index in [0.29, 0.717) is 17.8 Å². The van der Waals surface area contributed by atoms with E-state index in [1.54, 1.807) is 29.8 Å². The molecule has 0 radical (unpaired) electrons. The standard InChI is InChI=1S/C8H11BrF2N4O3S/c1-3-14(4-2)7(16)15-5-12-6(13-15)19(17,18)8(9,10)11/h5H,3-4H2,1-2H3. The molecule has 0 saturated carbocycles. The topological polar surface area (TPSA) is 85.2 Å². The number of alkyl halides is 3. The Kier molecular flexibility index (Phi) is 4.61. The quantitative estimate of drug-likeness (QED) is 0.755. The highest BCUT2D eigenvalue weighted by Crippen LogP contribution is 2.32. The number of aromatic nitrogens is 3. The summed E-state index contributed by atoms with van der Waals surface area (Å²) < 4.78 is 44.8. The van der Waals surface area contributed by atoms with Crippen LogP contribution in [0.5, 0.6) is 0 Å². The van der Waals surface area contributed by atoms with E-state index < -0.39 is 25.2 Å². The lowest BCUT2D eigenvalue weighted by atomic mass is 10.5. The normalized spacial score (nSPS) is 12.5. The van der Waals surface area contributed by atoms with E-state index in [1.807, 2.05) is 0 Å². The molecule has 1 amide bonds. The number of halogens is 3. The third kappa shape index (κ3) is 3.08. The fourth-order valence-corrected chi connectivity index (χ4v) is 2.23. The van der Waals surface area contributed by atoms with Crippen LogP contribution in [0.15, 0.2) is 11.5 Å². The number of carbonyl (C=O) groups excluding carboxylic acids is 1. The first-order valence-electron chi connectivity index (χ1n) is 5.17. The SMILES string of the molecule is CCN(CC)C(=O)n1cnc(S(=O)(=O)C(F)(F)Br)n1. The van der Waals surface area contributed by atoms with Gasteiger partial charge in [0.1, 0.15) is 6.33 Å². The van der Waals surface area contributed by atoms with Gasteiger partial charge < -0.3 is 4.90 Å². The van der Waals surface area contributed by atoms with Crippen molar-refractivity contribution >= 4 is 31.8 Å². The molecule has 1 rings (SSSR count). The Morgan fingerprint density at radius 3 is 2.42 bits per heavy atom. The van der Waals surface area contributed by atoms with Gasteiger partial charge in [0.25, 0.3) is 15.0 Å². The summed E-state index contributed by atoms with van der Waals surface area (Å²) in [6.07, 6.45) is 0.784. The van der Waals surface area contributed by atoms with E-state index >= 15 is 0 Å². The molecule has 11 heteroatoms. The fraction of sp³-hybridized carbons (Fsp3) is 0.625. The van der Waals surface area contributed by atoms with Gasteiger partial charge in [-0.05, 0) is 13.8 Å². The van der Waals surface area contributed by atoms with Crippen molar-refractivity contribution in [1.82, 2.24) is 19.7 Å². The van der Waals surface area contributed by atoms with Crippen molar-refractivity contribution in [1.29, 1.82) is 0 Å². The number of carbonyl (C=O) groups is 1. The van der Waals surface area contributed by atoms with Crippen LogP contribution < -0.4 is 0 Å². The zero-order valence-electron chi connectivity index (χ0n) is 10.0. The molecule has 0 spiro atoms. The average molecular weight is 361 g/mol. The van der Waals surface area contributed by atoms with Gasteiger partial charge in [-0.15, -0.1) is 5.10 Å². The Bertz CT molecular complexity index is 565. The van der Waals surface area contributed by atoms with Crippen molar-refractivity contribution in [2.45, 2.75) is 23.2 Å². The molecule has 0 fully saturated rings. The number of sulfone groups is 1. The molecular weight excluding hydrogens is 350 g/mol. The van der Waals surface area contributed by atoms with Crippen molar-refractivity contribution in [2.75, 3.05) is 13.1 Å². The zero-order chi connectivity index (χ0) is 14.8. The lowest BCUT2D eigenvalue weighted by molar-refractivity contribution is 0.199. The summed E-state index contributed by atoms with van der Waals surface area (Å²) in [5.41, 5.74) is 0. The zero-order valence-corrected chi connectivity index (χ0v) is 12.4. The molecule has 0 bridgehead atoms. The summed E-state index contributed by atoms with van der Waals surface area (Å²) in [4.78, 5) is 16.4. The first-order valence-corrected chi connectivity index (χ1v) is 7.45. The van der Waals surface area contributed by atoms with Gasteiger partial charge >= 0.3 is 10.2 Å². The van der Waals surface area contributed by atoms with Crippen LogP contribution >= 0.6 is 15.9 Å². The minimum atomic E-state index is -5.06. The molecule has 0 aliphatic rings. The predicted molar refractivity (Wildman–Crippen MR) is 64.8 cm³/mol. The molecule has 1 aromatic rings. The molecule has 0 unspecified atom stereocenters. The minimum absolute atomic E-state index is 0.367. The smallest absolute Gasteiger partial charge is 0.323 e. The lowest BCUT2D eigenvalue weighted by Crippen LogP contribution is -2.34. The van der Waals surface area contributed by atoms with Gasteiger partial charge in [0.15, 0.2) is 0 Å². The number of amides is 1. The summed E-state index contributed by atoms with van der Waals surface area (Å²) >= 11 is 1.73. The first kappa shape index (κ1) is 16.0. The van der Waals surface area contributed by atoms with Crippen LogP contribution in [0.4, 0.5) is 13.6 Å². The van der Waals surface area contributed by atoms with Crippen LogP contribution in [0, 0.1) is 0 Å². The third-order valence-corrected chi connectivity index (χ3v) is 4.80. The highest BCUT2D eigenvalue weighted by Gasteiger charge is 2.46. The molecule has 19 heavy (non-hydrogen) atoms. The average Bonchev–Trinajstić information content (AvgIpc) is 2.78. The van der Waals surface area contributed by atoms with E-state index in [0.717, 1.165) is 6.33 Å². The number of hydrogen-bond acceptors (Lipinski definition) is 5. The molecule has 1 aromatic heterocycles. The van der Waals surface area contributed by atoms with Gasteiger partial charge in [-0.25, -0.2) is 18.2 Å². The molecule has 0 atom stereocenters. The molecule has 0 N–H and O–H groups in total. The fourth-order valence-electron chi connectivity index (χ4n) is 1.21. The van der Waals surface area contributed by atoms with E-state index in [2.05, 4.69) is 10.1 Å². The largest absolute Gasteiger partial charge is 0.407 e. The van der Waals surface area contributed by atoms with Gasteiger partial charge in [-0.1, -0.05) is 0 Å². The second-order valence-electron chi connectivity index (χ2n) is 3.38. The maximum absolute atomic E-state index is 12.8. The highest BCUT2D eigenvalue weighted by atomic mass is 79.9. The van der Waals surface area contributed by atoms with Crippen molar-refractivity contribution in [3.8, 4) is 0 Å². The van der Waals surface area contributed by atoms with Crippen molar-refractivity contribution in [3.05, 3.63) is 6.33 Å². The van der Waals surface area contributed by atoms with Gasteiger partial charge in [-0.3, -0.25) is 0 Å². The third-order valence-electron chi connectivity index (χ3n) is 2.25. The van der Waals surface area contributed by atoms with Crippen LogP contribution in [-0.4, -0.2) is 51.4 Å². The summed E-state index contributed by atoms with van der Waals surface area (Å²) in [6.45, 7) is 4.16. The maximum atomic E-state index is 12.8. The lowest BCUT2D eigenvalue weighted by Gasteiger charge is -2.17. The highest BCUT2D eigenvalue weighted by molar-refractivity contribution is 9.11. The van der Waals surface area contributed by atoms with Gasteiger partial charge in [-0.2, -0.15) is 13.5 Å². The molecular formula is C8H11BrF2N4O3S. The Morgan fingerprint density at radius 2 is 2.00 bits per heavy atom. The van der Waals surface area contributed by atoms with Gasteiger partial charge in [0.2, 0.25) is 0 Å².